The van der Waals surface area contributed by atoms with Crippen LogP contribution >= 0.6 is 0 Å². The van der Waals surface area contributed by atoms with Crippen LogP contribution in [0.4, 0.5) is 4.39 Å². The van der Waals surface area contributed by atoms with Gasteiger partial charge in [-0.2, -0.15) is 4.98 Å². The number of aromatic nitrogens is 2. The van der Waals surface area contributed by atoms with Gasteiger partial charge in [0, 0.05) is 0 Å². The third-order valence-corrected chi connectivity index (χ3v) is 1.91. The van der Waals surface area contributed by atoms with Gasteiger partial charge in [0.25, 0.3) is 5.89 Å². The SMILES string of the molecule is CC(O)c1nc(-c2ccccc2F)no1. The molecule has 1 unspecified atom stereocenters. The Morgan fingerprint density at radius 2 is 2.13 bits per heavy atom. The van der Waals surface area contributed by atoms with E-state index >= 15 is 0 Å². The minimum atomic E-state index is -0.849. The largest absolute Gasteiger partial charge is 0.384 e. The van der Waals surface area contributed by atoms with E-state index in [4.69, 9.17) is 9.63 Å². The van der Waals surface area contributed by atoms with Gasteiger partial charge in [-0.1, -0.05) is 17.3 Å². The zero-order valence-electron chi connectivity index (χ0n) is 8.01. The van der Waals surface area contributed by atoms with Crippen LogP contribution in [0.2, 0.25) is 0 Å². The molecular weight excluding hydrogens is 199 g/mol. The maximum Gasteiger partial charge on any atom is 0.255 e. The Morgan fingerprint density at radius 1 is 1.40 bits per heavy atom. The molecule has 1 aromatic carbocycles. The highest BCUT2D eigenvalue weighted by molar-refractivity contribution is 5.54. The van der Waals surface area contributed by atoms with Gasteiger partial charge in [-0.15, -0.1) is 0 Å². The molecule has 0 amide bonds. The lowest BCUT2D eigenvalue weighted by atomic mass is 10.2. The Balaban J connectivity index is 2.42. The first-order chi connectivity index (χ1) is 7.18. The lowest BCUT2D eigenvalue weighted by molar-refractivity contribution is 0.152. The number of aliphatic hydroxyl groups is 1. The van der Waals surface area contributed by atoms with Gasteiger partial charge in [-0.3, -0.25) is 0 Å². The predicted octanol–water partition coefficient (Wildman–Crippen LogP) is 1.93. The average molecular weight is 208 g/mol. The van der Waals surface area contributed by atoms with Crippen molar-refractivity contribution in [3.8, 4) is 11.4 Å². The summed E-state index contributed by atoms with van der Waals surface area (Å²) in [6.45, 7) is 1.50. The van der Waals surface area contributed by atoms with E-state index in [2.05, 4.69) is 10.1 Å². The zero-order valence-corrected chi connectivity index (χ0v) is 8.01. The molecule has 15 heavy (non-hydrogen) atoms. The van der Waals surface area contributed by atoms with Gasteiger partial charge in [-0.05, 0) is 19.1 Å². The smallest absolute Gasteiger partial charge is 0.255 e. The molecule has 78 valence electrons. The van der Waals surface area contributed by atoms with Crippen LogP contribution in [0.1, 0.15) is 18.9 Å². The molecule has 0 spiro atoms. The van der Waals surface area contributed by atoms with Crippen LogP contribution in [-0.2, 0) is 0 Å². The fraction of sp³-hybridized carbons (Fsp3) is 0.200. The second kappa shape index (κ2) is 3.78. The Bertz CT molecular complexity index is 468. The molecule has 2 aromatic rings. The molecule has 5 heteroatoms. The molecule has 0 aliphatic carbocycles. The monoisotopic (exact) mass is 208 g/mol. The summed E-state index contributed by atoms with van der Waals surface area (Å²) in [5.74, 6) is -0.201. The van der Waals surface area contributed by atoms with Gasteiger partial charge < -0.3 is 9.63 Å². The van der Waals surface area contributed by atoms with Crippen LogP contribution in [0.3, 0.4) is 0 Å². The number of benzene rings is 1. The molecule has 0 saturated heterocycles. The summed E-state index contributed by atoms with van der Waals surface area (Å²) in [6, 6.07) is 6.12. The summed E-state index contributed by atoms with van der Waals surface area (Å²) in [5, 5.41) is 12.7. The fourth-order valence-electron chi connectivity index (χ4n) is 1.16. The Labute approximate surface area is 85.4 Å². The molecule has 0 aliphatic rings. The van der Waals surface area contributed by atoms with Gasteiger partial charge in [0.15, 0.2) is 0 Å². The number of rotatable bonds is 2. The van der Waals surface area contributed by atoms with E-state index in [1.165, 1.54) is 13.0 Å². The van der Waals surface area contributed by atoms with E-state index in [9.17, 15) is 4.39 Å². The summed E-state index contributed by atoms with van der Waals surface area (Å²) >= 11 is 0. The molecule has 0 bridgehead atoms. The third-order valence-electron chi connectivity index (χ3n) is 1.91. The second-order valence-electron chi connectivity index (χ2n) is 3.11. The van der Waals surface area contributed by atoms with E-state index in [-0.39, 0.29) is 17.3 Å². The van der Waals surface area contributed by atoms with Crippen molar-refractivity contribution in [2.45, 2.75) is 13.0 Å². The average Bonchev–Trinajstić information content (AvgIpc) is 2.67. The lowest BCUT2D eigenvalue weighted by Gasteiger charge is -1.95. The first kappa shape index (κ1) is 9.79. The Morgan fingerprint density at radius 3 is 2.73 bits per heavy atom. The van der Waals surface area contributed by atoms with Gasteiger partial charge in [0.05, 0.1) is 5.56 Å². The van der Waals surface area contributed by atoms with Crippen molar-refractivity contribution in [1.29, 1.82) is 0 Å². The van der Waals surface area contributed by atoms with E-state index in [1.54, 1.807) is 18.2 Å². The van der Waals surface area contributed by atoms with Crippen molar-refractivity contribution in [2.75, 3.05) is 0 Å². The topological polar surface area (TPSA) is 59.2 Å². The normalized spacial score (nSPS) is 12.7. The maximum atomic E-state index is 13.3. The molecule has 4 nitrogen and oxygen atoms in total. The molecule has 1 aromatic heterocycles. The molecule has 0 fully saturated rings. The molecule has 0 radical (unpaired) electrons. The number of hydrogen-bond donors (Lipinski definition) is 1. The molecule has 0 saturated carbocycles. The van der Waals surface area contributed by atoms with Crippen molar-refractivity contribution < 1.29 is 14.0 Å². The Hall–Kier alpha value is -1.75. The fourth-order valence-corrected chi connectivity index (χ4v) is 1.16. The number of hydrogen-bond acceptors (Lipinski definition) is 4. The molecule has 0 aliphatic heterocycles. The quantitative estimate of drug-likeness (QED) is 0.819. The standard InChI is InChI=1S/C10H9FN2O2/c1-6(14)10-12-9(13-15-10)7-4-2-3-5-8(7)11/h2-6,14H,1H3. The molecular formula is C10H9FN2O2. The lowest BCUT2D eigenvalue weighted by Crippen LogP contribution is -1.91. The van der Waals surface area contributed by atoms with Crippen LogP contribution in [0.5, 0.6) is 0 Å². The minimum absolute atomic E-state index is 0.0771. The summed E-state index contributed by atoms with van der Waals surface area (Å²) in [5.41, 5.74) is 0.258. The summed E-state index contributed by atoms with van der Waals surface area (Å²) in [4.78, 5) is 3.87. The van der Waals surface area contributed by atoms with Crippen LogP contribution < -0.4 is 0 Å². The van der Waals surface area contributed by atoms with Crippen LogP contribution in [0.25, 0.3) is 11.4 Å². The number of aliphatic hydroxyl groups excluding tert-OH is 1. The highest BCUT2D eigenvalue weighted by Crippen LogP contribution is 2.20. The van der Waals surface area contributed by atoms with Crippen molar-refractivity contribution in [2.24, 2.45) is 0 Å². The molecule has 2 rings (SSSR count). The zero-order chi connectivity index (χ0) is 10.8. The summed E-state index contributed by atoms with van der Waals surface area (Å²) in [6.07, 6.45) is -0.849. The van der Waals surface area contributed by atoms with Gasteiger partial charge >= 0.3 is 0 Å². The van der Waals surface area contributed by atoms with Gasteiger partial charge in [0.1, 0.15) is 11.9 Å². The first-order valence-corrected chi connectivity index (χ1v) is 4.45. The summed E-state index contributed by atoms with van der Waals surface area (Å²) < 4.78 is 18.1. The minimum Gasteiger partial charge on any atom is -0.384 e. The molecule has 1 atom stereocenters. The van der Waals surface area contributed by atoms with Crippen molar-refractivity contribution in [3.05, 3.63) is 36.0 Å². The predicted molar refractivity (Wildman–Crippen MR) is 50.3 cm³/mol. The summed E-state index contributed by atoms with van der Waals surface area (Å²) in [7, 11) is 0. The van der Waals surface area contributed by atoms with Crippen molar-refractivity contribution >= 4 is 0 Å². The highest BCUT2D eigenvalue weighted by atomic mass is 19.1. The van der Waals surface area contributed by atoms with E-state index < -0.39 is 11.9 Å². The van der Waals surface area contributed by atoms with Crippen molar-refractivity contribution in [3.63, 3.8) is 0 Å². The van der Waals surface area contributed by atoms with E-state index in [0.717, 1.165) is 0 Å². The first-order valence-electron chi connectivity index (χ1n) is 4.45. The van der Waals surface area contributed by atoms with Crippen molar-refractivity contribution in [1.82, 2.24) is 10.1 Å². The Kier molecular flexibility index (Phi) is 2.47. The highest BCUT2D eigenvalue weighted by Gasteiger charge is 2.14. The number of halogens is 1. The van der Waals surface area contributed by atoms with Gasteiger partial charge in [0.2, 0.25) is 5.82 Å². The van der Waals surface area contributed by atoms with Gasteiger partial charge in [-0.25, -0.2) is 4.39 Å². The molecule has 1 N–H and O–H groups in total. The molecule has 1 heterocycles. The van der Waals surface area contributed by atoms with E-state index in [0.29, 0.717) is 0 Å². The van der Waals surface area contributed by atoms with Crippen LogP contribution in [0, 0.1) is 5.82 Å². The van der Waals surface area contributed by atoms with E-state index in [1.807, 2.05) is 0 Å². The number of nitrogens with zero attached hydrogens (tertiary/aromatic N) is 2. The third kappa shape index (κ3) is 1.87. The maximum absolute atomic E-state index is 13.3. The van der Waals surface area contributed by atoms with Crippen LogP contribution in [0.15, 0.2) is 28.8 Å². The second-order valence-corrected chi connectivity index (χ2v) is 3.11. The van der Waals surface area contributed by atoms with Crippen LogP contribution in [-0.4, -0.2) is 15.2 Å².